The van der Waals surface area contributed by atoms with Gasteiger partial charge in [0.25, 0.3) is 0 Å². The van der Waals surface area contributed by atoms with Crippen LogP contribution < -0.4 is 14.8 Å². The molecule has 2 N–H and O–H groups in total. The Balaban J connectivity index is 1.69. The molecule has 1 fully saturated rings. The Morgan fingerprint density at radius 2 is 2.24 bits per heavy atom. The molecular formula is C22H31N6O+. The Bertz CT molecular complexity index is 967. The maximum absolute atomic E-state index is 9.52. The number of hydrogen-bond donors (Lipinski definition) is 2. The molecule has 0 aromatic carbocycles. The number of nitrogens with one attached hydrogen (secondary N) is 1. The third kappa shape index (κ3) is 4.19. The Morgan fingerprint density at radius 3 is 3.03 bits per heavy atom. The molecule has 0 saturated carbocycles. The molecular weight excluding hydrogens is 364 g/mol. The minimum atomic E-state index is 0.215. The summed E-state index contributed by atoms with van der Waals surface area (Å²) in [6, 6.07) is 6.63. The number of nitrogens with zero attached hydrogens (tertiary/aromatic N) is 5. The second-order valence-electron chi connectivity index (χ2n) is 7.84. The number of fused-ring (bicyclic) bond motifs is 1. The lowest BCUT2D eigenvalue weighted by molar-refractivity contribution is -0.671. The lowest BCUT2D eigenvalue weighted by atomic mass is 9.99. The van der Waals surface area contributed by atoms with Gasteiger partial charge in [0, 0.05) is 49.0 Å². The Morgan fingerprint density at radius 1 is 1.34 bits per heavy atom. The molecule has 3 aromatic rings. The molecule has 0 bridgehead atoms. The summed E-state index contributed by atoms with van der Waals surface area (Å²) in [6.07, 6.45) is 11.2. The molecule has 1 aliphatic heterocycles. The van der Waals surface area contributed by atoms with Gasteiger partial charge in [0.15, 0.2) is 18.0 Å². The molecule has 1 atom stereocenters. The topological polar surface area (TPSA) is 69.6 Å². The molecule has 7 heteroatoms. The zero-order chi connectivity index (χ0) is 20.2. The van der Waals surface area contributed by atoms with E-state index in [4.69, 9.17) is 4.98 Å². The Hall–Kier alpha value is -2.67. The smallest absolute Gasteiger partial charge is 0.173 e. The average Bonchev–Trinajstić information content (AvgIpc) is 3.16. The molecule has 3 aromatic heterocycles. The van der Waals surface area contributed by atoms with Crippen molar-refractivity contribution in [2.24, 2.45) is 7.05 Å². The number of piperidine rings is 1. The molecule has 7 nitrogen and oxygen atoms in total. The van der Waals surface area contributed by atoms with Crippen LogP contribution in [-0.2, 0) is 20.0 Å². The van der Waals surface area contributed by atoms with Crippen molar-refractivity contribution in [2.45, 2.75) is 51.6 Å². The average molecular weight is 396 g/mol. The number of pyridine rings is 1. The molecule has 154 valence electrons. The summed E-state index contributed by atoms with van der Waals surface area (Å²) in [5.74, 6) is 1.93. The summed E-state index contributed by atoms with van der Waals surface area (Å²) < 4.78 is 3.97. The van der Waals surface area contributed by atoms with Crippen molar-refractivity contribution in [1.82, 2.24) is 14.6 Å². The van der Waals surface area contributed by atoms with Crippen molar-refractivity contribution in [3.8, 4) is 0 Å². The van der Waals surface area contributed by atoms with E-state index in [0.29, 0.717) is 12.6 Å². The molecule has 0 amide bonds. The molecule has 4 rings (SSSR count). The third-order valence-electron chi connectivity index (χ3n) is 5.77. The Kier molecular flexibility index (Phi) is 5.94. The van der Waals surface area contributed by atoms with E-state index in [1.165, 1.54) is 12.0 Å². The van der Waals surface area contributed by atoms with E-state index < -0.39 is 0 Å². The van der Waals surface area contributed by atoms with Gasteiger partial charge in [0.2, 0.25) is 0 Å². The number of aryl methyl sites for hydroxylation is 2. The van der Waals surface area contributed by atoms with Gasteiger partial charge in [-0.3, -0.25) is 0 Å². The van der Waals surface area contributed by atoms with Crippen molar-refractivity contribution >= 4 is 17.3 Å². The van der Waals surface area contributed by atoms with Crippen LogP contribution in [0.2, 0.25) is 0 Å². The number of aromatic nitrogens is 4. The normalized spacial score (nSPS) is 17.1. The van der Waals surface area contributed by atoms with Crippen molar-refractivity contribution in [3.63, 3.8) is 0 Å². The van der Waals surface area contributed by atoms with Gasteiger partial charge in [-0.15, -0.1) is 0 Å². The van der Waals surface area contributed by atoms with Crippen LogP contribution >= 0.6 is 0 Å². The lowest BCUT2D eigenvalue weighted by Crippen LogP contribution is -2.40. The fourth-order valence-corrected chi connectivity index (χ4v) is 4.22. The number of rotatable bonds is 7. The molecule has 0 aliphatic carbocycles. The summed E-state index contributed by atoms with van der Waals surface area (Å²) in [6.45, 7) is 4.05. The fourth-order valence-electron chi connectivity index (χ4n) is 4.22. The van der Waals surface area contributed by atoms with E-state index in [-0.39, 0.29) is 6.61 Å². The summed E-state index contributed by atoms with van der Waals surface area (Å²) in [5.41, 5.74) is 3.27. The number of aliphatic hydroxyl groups excluding tert-OH is 1. The first-order valence-corrected chi connectivity index (χ1v) is 10.6. The lowest BCUT2D eigenvalue weighted by Gasteiger charge is -2.36. The maximum Gasteiger partial charge on any atom is 0.173 e. The Labute approximate surface area is 172 Å². The van der Waals surface area contributed by atoms with Crippen LogP contribution in [0.1, 0.15) is 43.7 Å². The molecule has 1 saturated heterocycles. The molecule has 0 radical (unpaired) electrons. The molecule has 1 aliphatic rings. The minimum absolute atomic E-state index is 0.215. The second kappa shape index (κ2) is 8.78. The first kappa shape index (κ1) is 19.6. The van der Waals surface area contributed by atoms with Gasteiger partial charge in [0.05, 0.1) is 6.20 Å². The minimum Gasteiger partial charge on any atom is -0.396 e. The number of aliphatic hydroxyl groups is 1. The van der Waals surface area contributed by atoms with Gasteiger partial charge in [-0.05, 0) is 38.2 Å². The van der Waals surface area contributed by atoms with Gasteiger partial charge >= 0.3 is 0 Å². The van der Waals surface area contributed by atoms with Crippen LogP contribution in [0.4, 0.5) is 11.6 Å². The molecule has 4 heterocycles. The predicted octanol–water partition coefficient (Wildman–Crippen LogP) is 2.47. The van der Waals surface area contributed by atoms with Crippen LogP contribution in [0.5, 0.6) is 0 Å². The SMILES string of the molecule is CCc1cnn2c(NCc3ccc[n+](C)c3)cc(N3CCCC[C@H]3CCO)nc12. The predicted molar refractivity (Wildman–Crippen MR) is 114 cm³/mol. The van der Waals surface area contributed by atoms with E-state index in [1.54, 1.807) is 0 Å². The summed E-state index contributed by atoms with van der Waals surface area (Å²) in [7, 11) is 2.03. The van der Waals surface area contributed by atoms with Crippen LogP contribution in [0, 0.1) is 0 Å². The van der Waals surface area contributed by atoms with Gasteiger partial charge in [0.1, 0.15) is 18.7 Å². The molecule has 0 spiro atoms. The summed E-state index contributed by atoms with van der Waals surface area (Å²) in [5, 5.41) is 17.7. The van der Waals surface area contributed by atoms with E-state index in [1.807, 2.05) is 24.0 Å². The van der Waals surface area contributed by atoms with Crippen molar-refractivity contribution in [3.05, 3.63) is 47.9 Å². The highest BCUT2D eigenvalue weighted by Crippen LogP contribution is 2.28. The van der Waals surface area contributed by atoms with Gasteiger partial charge in [-0.2, -0.15) is 9.61 Å². The van der Waals surface area contributed by atoms with Crippen LogP contribution in [0.15, 0.2) is 36.8 Å². The highest BCUT2D eigenvalue weighted by Gasteiger charge is 2.24. The van der Waals surface area contributed by atoms with Gasteiger partial charge in [-0.25, -0.2) is 9.55 Å². The zero-order valence-corrected chi connectivity index (χ0v) is 17.4. The summed E-state index contributed by atoms with van der Waals surface area (Å²) in [4.78, 5) is 7.37. The van der Waals surface area contributed by atoms with E-state index in [0.717, 1.165) is 55.1 Å². The summed E-state index contributed by atoms with van der Waals surface area (Å²) >= 11 is 0. The largest absolute Gasteiger partial charge is 0.396 e. The number of anilines is 2. The first-order chi connectivity index (χ1) is 14.2. The molecule has 29 heavy (non-hydrogen) atoms. The van der Waals surface area contributed by atoms with E-state index >= 15 is 0 Å². The van der Waals surface area contributed by atoms with E-state index in [2.05, 4.69) is 51.2 Å². The van der Waals surface area contributed by atoms with Crippen LogP contribution in [0.25, 0.3) is 5.65 Å². The van der Waals surface area contributed by atoms with E-state index in [9.17, 15) is 5.11 Å². The zero-order valence-electron chi connectivity index (χ0n) is 17.4. The quantitative estimate of drug-likeness (QED) is 0.602. The van der Waals surface area contributed by atoms with Crippen LogP contribution in [-0.4, -0.2) is 38.9 Å². The standard InChI is InChI=1S/C22H31N6O/c1-3-18-15-24-28-20(23-14-17-7-6-10-26(2)16-17)13-21(25-22(18)28)27-11-5-4-8-19(27)9-12-29/h6-7,10,13,15-16,19,23,29H,3-5,8-9,11-12,14H2,1-2H3/q+1/t19-/m0/s1. The number of hydrogen-bond acceptors (Lipinski definition) is 5. The van der Waals surface area contributed by atoms with Crippen LogP contribution in [0.3, 0.4) is 0 Å². The van der Waals surface area contributed by atoms with Crippen molar-refractivity contribution in [2.75, 3.05) is 23.4 Å². The highest BCUT2D eigenvalue weighted by atomic mass is 16.3. The fraction of sp³-hybridized carbons (Fsp3) is 0.500. The van der Waals surface area contributed by atoms with Crippen molar-refractivity contribution < 1.29 is 9.67 Å². The van der Waals surface area contributed by atoms with Gasteiger partial charge < -0.3 is 15.3 Å². The second-order valence-corrected chi connectivity index (χ2v) is 7.84. The highest BCUT2D eigenvalue weighted by molar-refractivity contribution is 5.61. The first-order valence-electron chi connectivity index (χ1n) is 10.6. The maximum atomic E-state index is 9.52. The van der Waals surface area contributed by atoms with Crippen molar-refractivity contribution in [1.29, 1.82) is 0 Å². The van der Waals surface area contributed by atoms with Gasteiger partial charge in [-0.1, -0.05) is 6.92 Å². The monoisotopic (exact) mass is 395 g/mol. The third-order valence-corrected chi connectivity index (χ3v) is 5.77. The molecule has 0 unspecified atom stereocenters.